The lowest BCUT2D eigenvalue weighted by atomic mass is 10.0. The van der Waals surface area contributed by atoms with Crippen molar-refractivity contribution in [3.8, 4) is 11.3 Å². The van der Waals surface area contributed by atoms with Crippen LogP contribution >= 0.6 is 11.6 Å². The van der Waals surface area contributed by atoms with Crippen LogP contribution in [-0.2, 0) is 6.42 Å². The molecule has 1 aliphatic heterocycles. The molecule has 2 heterocycles. The van der Waals surface area contributed by atoms with Crippen molar-refractivity contribution in [2.75, 3.05) is 6.54 Å². The molecule has 2 aromatic rings. The molecule has 1 unspecified atom stereocenters. The highest BCUT2D eigenvalue weighted by Gasteiger charge is 2.26. The van der Waals surface area contributed by atoms with E-state index in [-0.39, 0.29) is 0 Å². The van der Waals surface area contributed by atoms with Crippen LogP contribution in [0.4, 0.5) is 0 Å². The van der Waals surface area contributed by atoms with E-state index in [4.69, 9.17) is 16.6 Å². The second-order valence-electron chi connectivity index (χ2n) is 5.43. The van der Waals surface area contributed by atoms with Crippen LogP contribution in [-0.4, -0.2) is 16.5 Å². The summed E-state index contributed by atoms with van der Waals surface area (Å²) >= 11 is 6.05. The Labute approximate surface area is 117 Å². The number of aromatic nitrogens is 2. The van der Waals surface area contributed by atoms with Gasteiger partial charge in [-0.15, -0.1) is 0 Å². The number of imidazole rings is 1. The first-order valence-corrected chi connectivity index (χ1v) is 7.30. The molecule has 0 bridgehead atoms. The highest BCUT2D eigenvalue weighted by molar-refractivity contribution is 6.30. The van der Waals surface area contributed by atoms with Crippen LogP contribution in [0.3, 0.4) is 0 Å². The van der Waals surface area contributed by atoms with Gasteiger partial charge in [-0.1, -0.05) is 24.1 Å². The molecule has 1 saturated heterocycles. The standard InChI is InChI=1S/C15H16ClN3/c16-10-4-5-11-9(7-10)8-13-14(11)19-15(18-13)12-3-1-2-6-17-12/h4-5,7,12,17H,1-3,6,8H2,(H,18,19). The van der Waals surface area contributed by atoms with Crippen molar-refractivity contribution in [3.05, 3.63) is 40.3 Å². The summed E-state index contributed by atoms with van der Waals surface area (Å²) < 4.78 is 0. The number of fused-ring (bicyclic) bond motifs is 3. The summed E-state index contributed by atoms with van der Waals surface area (Å²) in [5.74, 6) is 1.10. The first-order valence-electron chi connectivity index (χ1n) is 6.92. The zero-order valence-corrected chi connectivity index (χ0v) is 11.4. The zero-order chi connectivity index (χ0) is 12.8. The lowest BCUT2D eigenvalue weighted by Crippen LogP contribution is -2.27. The number of H-pyrrole nitrogens is 1. The molecule has 19 heavy (non-hydrogen) atoms. The maximum Gasteiger partial charge on any atom is 0.124 e. The van der Waals surface area contributed by atoms with Crippen molar-refractivity contribution in [2.45, 2.75) is 31.7 Å². The van der Waals surface area contributed by atoms with Gasteiger partial charge >= 0.3 is 0 Å². The lowest BCUT2D eigenvalue weighted by molar-refractivity contribution is 0.399. The Morgan fingerprint density at radius 1 is 1.26 bits per heavy atom. The number of aromatic amines is 1. The van der Waals surface area contributed by atoms with Crippen LogP contribution < -0.4 is 5.32 Å². The van der Waals surface area contributed by atoms with Crippen molar-refractivity contribution in [3.63, 3.8) is 0 Å². The first kappa shape index (κ1) is 11.5. The second kappa shape index (κ2) is 4.36. The van der Waals surface area contributed by atoms with Gasteiger partial charge in [0.25, 0.3) is 0 Å². The van der Waals surface area contributed by atoms with E-state index in [9.17, 15) is 0 Å². The summed E-state index contributed by atoms with van der Waals surface area (Å²) in [6.07, 6.45) is 4.66. The highest BCUT2D eigenvalue weighted by Crippen LogP contribution is 2.37. The summed E-state index contributed by atoms with van der Waals surface area (Å²) in [5.41, 5.74) is 4.87. The van der Waals surface area contributed by atoms with Crippen LogP contribution in [0.2, 0.25) is 5.02 Å². The Hall–Kier alpha value is -1.32. The van der Waals surface area contributed by atoms with E-state index >= 15 is 0 Å². The van der Waals surface area contributed by atoms with Crippen LogP contribution in [0.15, 0.2) is 18.2 Å². The van der Waals surface area contributed by atoms with E-state index < -0.39 is 0 Å². The zero-order valence-electron chi connectivity index (χ0n) is 10.7. The van der Waals surface area contributed by atoms with E-state index in [2.05, 4.69) is 16.4 Å². The molecule has 0 amide bonds. The number of hydrogen-bond acceptors (Lipinski definition) is 2. The first-order chi connectivity index (χ1) is 9.31. The molecule has 4 rings (SSSR count). The third-order valence-electron chi connectivity index (χ3n) is 4.13. The Kier molecular flexibility index (Phi) is 2.64. The summed E-state index contributed by atoms with van der Waals surface area (Å²) in [4.78, 5) is 8.34. The number of halogens is 1. The van der Waals surface area contributed by atoms with Crippen LogP contribution in [0, 0.1) is 0 Å². The molecule has 3 nitrogen and oxygen atoms in total. The molecule has 1 aromatic heterocycles. The van der Waals surface area contributed by atoms with E-state index in [0.717, 1.165) is 29.5 Å². The minimum Gasteiger partial charge on any atom is -0.344 e. The molecule has 2 N–H and O–H groups in total. The third-order valence-corrected chi connectivity index (χ3v) is 4.36. The van der Waals surface area contributed by atoms with Crippen LogP contribution in [0.5, 0.6) is 0 Å². The van der Waals surface area contributed by atoms with E-state index in [0.29, 0.717) is 6.04 Å². The van der Waals surface area contributed by atoms with E-state index in [1.165, 1.54) is 36.1 Å². The van der Waals surface area contributed by atoms with Crippen LogP contribution in [0.25, 0.3) is 11.3 Å². The fourth-order valence-electron chi connectivity index (χ4n) is 3.16. The molecule has 2 aliphatic rings. The number of piperidine rings is 1. The Balaban J connectivity index is 1.71. The van der Waals surface area contributed by atoms with Crippen molar-refractivity contribution < 1.29 is 0 Å². The summed E-state index contributed by atoms with van der Waals surface area (Å²) in [6, 6.07) is 6.48. The minimum absolute atomic E-state index is 0.398. The molecule has 1 aromatic carbocycles. The van der Waals surface area contributed by atoms with Crippen molar-refractivity contribution in [2.24, 2.45) is 0 Å². The second-order valence-corrected chi connectivity index (χ2v) is 5.87. The van der Waals surface area contributed by atoms with Crippen molar-refractivity contribution in [1.82, 2.24) is 15.3 Å². The molecule has 1 aliphatic carbocycles. The Bertz CT molecular complexity index is 626. The predicted molar refractivity (Wildman–Crippen MR) is 76.4 cm³/mol. The van der Waals surface area contributed by atoms with Crippen molar-refractivity contribution in [1.29, 1.82) is 0 Å². The van der Waals surface area contributed by atoms with Gasteiger partial charge in [-0.3, -0.25) is 0 Å². The maximum absolute atomic E-state index is 6.05. The molecule has 1 atom stereocenters. The van der Waals surface area contributed by atoms with Gasteiger partial charge in [-0.25, -0.2) is 4.98 Å². The smallest absolute Gasteiger partial charge is 0.124 e. The van der Waals surface area contributed by atoms with Gasteiger partial charge in [0.1, 0.15) is 5.82 Å². The number of nitrogens with one attached hydrogen (secondary N) is 2. The van der Waals surface area contributed by atoms with Gasteiger partial charge in [0.2, 0.25) is 0 Å². The fraction of sp³-hybridized carbons (Fsp3) is 0.400. The Morgan fingerprint density at radius 2 is 2.21 bits per heavy atom. The molecule has 0 radical (unpaired) electrons. The van der Waals surface area contributed by atoms with Gasteiger partial charge < -0.3 is 10.3 Å². The van der Waals surface area contributed by atoms with E-state index in [1.54, 1.807) is 0 Å². The van der Waals surface area contributed by atoms with Gasteiger partial charge in [0, 0.05) is 22.7 Å². The predicted octanol–water partition coefficient (Wildman–Crippen LogP) is 3.45. The minimum atomic E-state index is 0.398. The number of nitrogens with zero attached hydrogens (tertiary/aromatic N) is 1. The van der Waals surface area contributed by atoms with Gasteiger partial charge in [0.15, 0.2) is 0 Å². The molecule has 0 saturated carbocycles. The summed E-state index contributed by atoms with van der Waals surface area (Å²) in [6.45, 7) is 1.10. The number of hydrogen-bond donors (Lipinski definition) is 2. The molecule has 0 spiro atoms. The summed E-state index contributed by atoms with van der Waals surface area (Å²) in [5, 5.41) is 4.35. The fourth-order valence-corrected chi connectivity index (χ4v) is 3.36. The highest BCUT2D eigenvalue weighted by atomic mass is 35.5. The maximum atomic E-state index is 6.05. The Morgan fingerprint density at radius 3 is 3.05 bits per heavy atom. The third kappa shape index (κ3) is 1.88. The topological polar surface area (TPSA) is 40.7 Å². The summed E-state index contributed by atoms with van der Waals surface area (Å²) in [7, 11) is 0. The van der Waals surface area contributed by atoms with Crippen molar-refractivity contribution >= 4 is 11.6 Å². The van der Waals surface area contributed by atoms with Gasteiger partial charge in [-0.05, 0) is 37.1 Å². The SMILES string of the molecule is Clc1ccc2c(c1)Cc1[nH]c(C3CCCCN3)nc1-2. The van der Waals surface area contributed by atoms with Gasteiger partial charge in [0.05, 0.1) is 11.7 Å². The monoisotopic (exact) mass is 273 g/mol. The van der Waals surface area contributed by atoms with Gasteiger partial charge in [-0.2, -0.15) is 0 Å². The van der Waals surface area contributed by atoms with Crippen LogP contribution in [0.1, 0.15) is 42.4 Å². The van der Waals surface area contributed by atoms with E-state index in [1.807, 2.05) is 12.1 Å². The average Bonchev–Trinajstić information content (AvgIpc) is 2.96. The lowest BCUT2D eigenvalue weighted by Gasteiger charge is -2.21. The number of rotatable bonds is 1. The average molecular weight is 274 g/mol. The molecular formula is C15H16ClN3. The molecule has 4 heteroatoms. The number of benzene rings is 1. The molecule has 1 fully saturated rings. The normalized spacial score (nSPS) is 21.2. The largest absolute Gasteiger partial charge is 0.344 e. The quantitative estimate of drug-likeness (QED) is 0.713. The molecule has 98 valence electrons. The molecular weight excluding hydrogens is 258 g/mol.